The molecule has 24 heavy (non-hydrogen) atoms. The Labute approximate surface area is 144 Å². The molecule has 7 heteroatoms. The van der Waals surface area contributed by atoms with Crippen LogP contribution in [0.3, 0.4) is 0 Å². The molecular formula is C17H19ClN4O2. The molecule has 126 valence electrons. The number of carbonyl (C=O) groups excluding carboxylic acids is 1. The molecule has 2 N–H and O–H groups in total. The first-order chi connectivity index (χ1) is 11.6. The number of H-pyrrole nitrogens is 1. The van der Waals surface area contributed by atoms with E-state index < -0.39 is 0 Å². The molecule has 0 unspecified atom stereocenters. The van der Waals surface area contributed by atoms with Crippen LogP contribution in [0.4, 0.5) is 5.69 Å². The van der Waals surface area contributed by atoms with Gasteiger partial charge in [-0.25, -0.2) is 5.10 Å². The van der Waals surface area contributed by atoms with Gasteiger partial charge in [-0.15, -0.1) is 0 Å². The number of aromatic nitrogens is 2. The van der Waals surface area contributed by atoms with E-state index in [-0.39, 0.29) is 17.4 Å². The average Bonchev–Trinajstić information content (AvgIpc) is 2.61. The van der Waals surface area contributed by atoms with Gasteiger partial charge in [0.15, 0.2) is 0 Å². The van der Waals surface area contributed by atoms with Crippen molar-refractivity contribution in [2.24, 2.45) is 5.92 Å². The third-order valence-electron chi connectivity index (χ3n) is 4.26. The largest absolute Gasteiger partial charge is 0.370 e. The van der Waals surface area contributed by atoms with Crippen LogP contribution in [0.5, 0.6) is 0 Å². The van der Waals surface area contributed by atoms with Gasteiger partial charge >= 0.3 is 0 Å². The molecule has 3 rings (SSSR count). The summed E-state index contributed by atoms with van der Waals surface area (Å²) >= 11 is 5.85. The average molecular weight is 347 g/mol. The Balaban J connectivity index is 1.50. The summed E-state index contributed by atoms with van der Waals surface area (Å²) in [5.74, 6) is 0.0807. The highest BCUT2D eigenvalue weighted by molar-refractivity contribution is 6.30. The molecule has 1 aromatic heterocycles. The molecule has 0 spiro atoms. The SMILES string of the molecule is O=C(NCc1ccc(Cl)cc1)C1CCN(c2cn[nH]c(=O)c2)CC1. The number of amides is 1. The fourth-order valence-electron chi connectivity index (χ4n) is 2.87. The number of rotatable bonds is 4. The number of nitrogens with one attached hydrogen (secondary N) is 2. The Morgan fingerprint density at radius 3 is 2.67 bits per heavy atom. The van der Waals surface area contributed by atoms with Gasteiger partial charge in [-0.2, -0.15) is 5.10 Å². The van der Waals surface area contributed by atoms with Crippen LogP contribution < -0.4 is 15.8 Å². The molecule has 1 aliphatic heterocycles. The van der Waals surface area contributed by atoms with Crippen LogP contribution in [0.2, 0.25) is 5.02 Å². The molecule has 0 atom stereocenters. The lowest BCUT2D eigenvalue weighted by atomic mass is 9.95. The maximum absolute atomic E-state index is 12.3. The first-order valence-corrected chi connectivity index (χ1v) is 8.31. The van der Waals surface area contributed by atoms with Crippen LogP contribution in [-0.4, -0.2) is 29.2 Å². The lowest BCUT2D eigenvalue weighted by Crippen LogP contribution is -2.40. The third kappa shape index (κ3) is 4.14. The monoisotopic (exact) mass is 346 g/mol. The molecule has 6 nitrogen and oxygen atoms in total. The minimum atomic E-state index is -0.213. The zero-order chi connectivity index (χ0) is 16.9. The Hall–Kier alpha value is -2.34. The molecule has 1 amide bonds. The molecule has 1 aliphatic rings. The van der Waals surface area contributed by atoms with E-state index in [1.807, 2.05) is 24.3 Å². The maximum Gasteiger partial charge on any atom is 0.266 e. The van der Waals surface area contributed by atoms with E-state index in [1.54, 1.807) is 6.20 Å². The van der Waals surface area contributed by atoms with E-state index in [1.165, 1.54) is 6.07 Å². The van der Waals surface area contributed by atoms with E-state index in [9.17, 15) is 9.59 Å². The van der Waals surface area contributed by atoms with E-state index >= 15 is 0 Å². The topological polar surface area (TPSA) is 78.1 Å². The zero-order valence-electron chi connectivity index (χ0n) is 13.2. The van der Waals surface area contributed by atoms with Crippen molar-refractivity contribution in [3.05, 3.63) is 57.5 Å². The summed E-state index contributed by atoms with van der Waals surface area (Å²) in [7, 11) is 0. The number of aromatic amines is 1. The van der Waals surface area contributed by atoms with E-state index in [2.05, 4.69) is 20.4 Å². The normalized spacial score (nSPS) is 15.3. The second-order valence-corrected chi connectivity index (χ2v) is 6.35. The van der Waals surface area contributed by atoms with Gasteiger partial charge in [-0.1, -0.05) is 23.7 Å². The van der Waals surface area contributed by atoms with Crippen molar-refractivity contribution >= 4 is 23.2 Å². The molecule has 0 radical (unpaired) electrons. The van der Waals surface area contributed by atoms with Crippen LogP contribution in [0.15, 0.2) is 41.3 Å². The minimum absolute atomic E-state index is 0.00325. The van der Waals surface area contributed by atoms with E-state index in [4.69, 9.17) is 11.6 Å². The Morgan fingerprint density at radius 2 is 2.00 bits per heavy atom. The van der Waals surface area contributed by atoms with Crippen molar-refractivity contribution in [1.29, 1.82) is 0 Å². The molecular weight excluding hydrogens is 328 g/mol. The highest BCUT2D eigenvalue weighted by atomic mass is 35.5. The predicted molar refractivity (Wildman–Crippen MR) is 93.1 cm³/mol. The summed E-state index contributed by atoms with van der Waals surface area (Å²) in [5.41, 5.74) is 1.62. The number of nitrogens with zero attached hydrogens (tertiary/aromatic N) is 2. The molecule has 2 aromatic rings. The number of carbonyl (C=O) groups is 1. The Morgan fingerprint density at radius 1 is 1.29 bits per heavy atom. The summed E-state index contributed by atoms with van der Waals surface area (Å²) in [4.78, 5) is 25.7. The van der Waals surface area contributed by atoms with Crippen LogP contribution in [0, 0.1) is 5.92 Å². The van der Waals surface area contributed by atoms with Gasteiger partial charge in [-0.05, 0) is 30.5 Å². The van der Waals surface area contributed by atoms with Crippen LogP contribution in [0.25, 0.3) is 0 Å². The summed E-state index contributed by atoms with van der Waals surface area (Å²) in [6, 6.07) is 8.98. The van der Waals surface area contributed by atoms with Crippen molar-refractivity contribution in [2.75, 3.05) is 18.0 Å². The summed E-state index contributed by atoms with van der Waals surface area (Å²) in [6.45, 7) is 1.99. The molecule has 2 heterocycles. The summed E-state index contributed by atoms with van der Waals surface area (Å²) in [5, 5.41) is 9.85. The van der Waals surface area contributed by atoms with Crippen molar-refractivity contribution in [2.45, 2.75) is 19.4 Å². The van der Waals surface area contributed by atoms with Crippen LogP contribution in [0.1, 0.15) is 18.4 Å². The second kappa shape index (κ2) is 7.49. The number of benzene rings is 1. The van der Waals surface area contributed by atoms with Gasteiger partial charge in [0, 0.05) is 36.6 Å². The highest BCUT2D eigenvalue weighted by Crippen LogP contribution is 2.22. The fourth-order valence-corrected chi connectivity index (χ4v) is 3.00. The van der Waals surface area contributed by atoms with Crippen LogP contribution in [-0.2, 0) is 11.3 Å². The predicted octanol–water partition coefficient (Wildman–Crippen LogP) is 1.96. The van der Waals surface area contributed by atoms with Gasteiger partial charge < -0.3 is 10.2 Å². The number of hydrogen-bond donors (Lipinski definition) is 2. The van der Waals surface area contributed by atoms with Crippen molar-refractivity contribution in [1.82, 2.24) is 15.5 Å². The molecule has 0 bridgehead atoms. The summed E-state index contributed by atoms with van der Waals surface area (Å²) in [6.07, 6.45) is 3.17. The molecule has 1 fully saturated rings. The van der Waals surface area contributed by atoms with Gasteiger partial charge in [-0.3, -0.25) is 9.59 Å². The minimum Gasteiger partial charge on any atom is -0.370 e. The van der Waals surface area contributed by atoms with Gasteiger partial charge in [0.25, 0.3) is 5.56 Å². The first-order valence-electron chi connectivity index (χ1n) is 7.93. The number of hydrogen-bond acceptors (Lipinski definition) is 4. The Kier molecular flexibility index (Phi) is 5.15. The molecule has 0 saturated carbocycles. The lowest BCUT2D eigenvalue weighted by molar-refractivity contribution is -0.125. The first kappa shape index (κ1) is 16.5. The van der Waals surface area contributed by atoms with Gasteiger partial charge in [0.2, 0.25) is 5.91 Å². The standard InChI is InChI=1S/C17H19ClN4O2/c18-14-3-1-12(2-4-14)10-19-17(24)13-5-7-22(8-6-13)15-9-16(23)21-20-11-15/h1-4,9,11,13H,5-8,10H2,(H,19,24)(H,21,23). The quantitative estimate of drug-likeness (QED) is 0.887. The van der Waals surface area contributed by atoms with Gasteiger partial charge in [0.1, 0.15) is 0 Å². The van der Waals surface area contributed by atoms with E-state index in [0.29, 0.717) is 11.6 Å². The molecule has 1 saturated heterocycles. The lowest BCUT2D eigenvalue weighted by Gasteiger charge is -2.32. The van der Waals surface area contributed by atoms with Gasteiger partial charge in [0.05, 0.1) is 11.9 Å². The maximum atomic E-state index is 12.3. The van der Waals surface area contributed by atoms with Crippen molar-refractivity contribution in [3.8, 4) is 0 Å². The zero-order valence-corrected chi connectivity index (χ0v) is 13.9. The van der Waals surface area contributed by atoms with E-state index in [0.717, 1.165) is 37.2 Å². The molecule has 1 aromatic carbocycles. The number of halogens is 1. The number of piperidine rings is 1. The third-order valence-corrected chi connectivity index (χ3v) is 4.51. The Bertz CT molecular complexity index is 752. The van der Waals surface area contributed by atoms with Crippen molar-refractivity contribution in [3.63, 3.8) is 0 Å². The fraction of sp³-hybridized carbons (Fsp3) is 0.353. The number of anilines is 1. The van der Waals surface area contributed by atoms with Crippen molar-refractivity contribution < 1.29 is 4.79 Å². The highest BCUT2D eigenvalue weighted by Gasteiger charge is 2.25. The second-order valence-electron chi connectivity index (χ2n) is 5.91. The van der Waals surface area contributed by atoms with Crippen LogP contribution >= 0.6 is 11.6 Å². The smallest absolute Gasteiger partial charge is 0.266 e. The summed E-state index contributed by atoms with van der Waals surface area (Å²) < 4.78 is 0. The molecule has 0 aliphatic carbocycles.